The lowest BCUT2D eigenvalue weighted by atomic mass is 9.91. The van der Waals surface area contributed by atoms with Crippen LogP contribution in [0.15, 0.2) is 30.3 Å². The van der Waals surface area contributed by atoms with Gasteiger partial charge in [0.25, 0.3) is 0 Å². The molecule has 17 heteroatoms. The fourth-order valence-electron chi connectivity index (χ4n) is 4.91. The van der Waals surface area contributed by atoms with Crippen LogP contribution >= 0.6 is 0 Å². The Morgan fingerprint density at radius 3 is 1.73 bits per heavy atom. The van der Waals surface area contributed by atoms with Crippen molar-refractivity contribution in [2.75, 3.05) is 34.5 Å². The Hall–Kier alpha value is -3.65. The minimum Gasteiger partial charge on any atom is -0.496 e. The molecule has 8 N–H and O–H groups in total. The molecule has 4 rings (SSSR count). The van der Waals surface area contributed by atoms with Gasteiger partial charge in [-0.2, -0.15) is 0 Å². The van der Waals surface area contributed by atoms with Crippen molar-refractivity contribution in [2.24, 2.45) is 0 Å². The average molecular weight is 645 g/mol. The topological polar surface area (TPSA) is 253 Å². The third kappa shape index (κ3) is 7.43. The number of benzene rings is 2. The number of methoxy groups -OCH3 is 3. The number of rotatable bonds is 11. The normalized spacial score (nSPS) is 31.5. The zero-order valence-electron chi connectivity index (χ0n) is 24.3. The maximum Gasteiger partial charge on any atom is 0.511 e. The van der Waals surface area contributed by atoms with Crippen LogP contribution in [0.3, 0.4) is 0 Å². The summed E-state index contributed by atoms with van der Waals surface area (Å²) < 4.78 is 43.0. The van der Waals surface area contributed by atoms with Gasteiger partial charge in [0, 0.05) is 23.8 Å². The predicted molar refractivity (Wildman–Crippen MR) is 147 cm³/mol. The second kappa shape index (κ2) is 14.6. The van der Waals surface area contributed by atoms with Crippen LogP contribution in [0.4, 0.5) is 4.79 Å². The first-order valence-electron chi connectivity index (χ1n) is 13.6. The van der Waals surface area contributed by atoms with Crippen molar-refractivity contribution in [3.8, 4) is 34.5 Å². The highest BCUT2D eigenvalue weighted by atomic mass is 16.7. The minimum absolute atomic E-state index is 0.0215. The number of hydrogen-bond acceptors (Lipinski definition) is 16. The molecule has 45 heavy (non-hydrogen) atoms. The molecule has 2 fully saturated rings. The van der Waals surface area contributed by atoms with Crippen molar-refractivity contribution in [1.82, 2.24) is 0 Å². The van der Waals surface area contributed by atoms with Crippen molar-refractivity contribution in [1.29, 1.82) is 0 Å². The van der Waals surface area contributed by atoms with Crippen molar-refractivity contribution in [2.45, 2.75) is 61.2 Å². The van der Waals surface area contributed by atoms with Gasteiger partial charge in [-0.05, 0) is 12.1 Å². The Bertz CT molecular complexity index is 1280. The average Bonchev–Trinajstić information content (AvgIpc) is 3.03. The summed E-state index contributed by atoms with van der Waals surface area (Å²) in [5, 5.41) is 80.5. The van der Waals surface area contributed by atoms with Gasteiger partial charge in [0.2, 0.25) is 5.75 Å². The summed E-state index contributed by atoms with van der Waals surface area (Å²) >= 11 is 0. The summed E-state index contributed by atoms with van der Waals surface area (Å²) in [5.74, 6) is 0.228. The first kappa shape index (κ1) is 34.2. The SMILES string of the molecule is COc1cc(OC[C@H]2O[C@@H](O)[C@H](O)[C@@H](O)[C@@H]2O)ccc1[C@@H]1O[C@H](COc2cc(OC)c(OC(=O)O)c(OC)c2)[C@@H](O)[C@H](O)[C@H]1O. The van der Waals surface area contributed by atoms with Crippen molar-refractivity contribution >= 4 is 6.16 Å². The minimum atomic E-state index is -1.73. The predicted octanol–water partition coefficient (Wildman–Crippen LogP) is -1.45. The molecule has 0 aliphatic carbocycles. The van der Waals surface area contributed by atoms with E-state index in [1.807, 2.05) is 0 Å². The molecule has 2 aromatic rings. The van der Waals surface area contributed by atoms with Crippen LogP contribution in [0.2, 0.25) is 0 Å². The van der Waals surface area contributed by atoms with Gasteiger partial charge in [-0.1, -0.05) is 0 Å². The lowest BCUT2D eigenvalue weighted by molar-refractivity contribution is -0.285. The van der Waals surface area contributed by atoms with E-state index in [2.05, 4.69) is 0 Å². The zero-order chi connectivity index (χ0) is 33.0. The highest BCUT2D eigenvalue weighted by Crippen LogP contribution is 2.42. The summed E-state index contributed by atoms with van der Waals surface area (Å²) in [6.07, 6.45) is -16.6. The molecule has 250 valence electrons. The van der Waals surface area contributed by atoms with E-state index in [1.54, 1.807) is 0 Å². The fraction of sp³-hybridized carbons (Fsp3) is 0.536. The van der Waals surface area contributed by atoms with Crippen molar-refractivity contribution in [3.63, 3.8) is 0 Å². The summed E-state index contributed by atoms with van der Waals surface area (Å²) in [5.41, 5.74) is 0.273. The van der Waals surface area contributed by atoms with E-state index in [4.69, 9.17) is 43.0 Å². The molecule has 0 amide bonds. The molecule has 2 aliphatic heterocycles. The molecule has 0 saturated carbocycles. The first-order valence-corrected chi connectivity index (χ1v) is 13.6. The number of carbonyl (C=O) groups is 1. The van der Waals surface area contributed by atoms with Crippen LogP contribution < -0.4 is 28.4 Å². The lowest BCUT2D eigenvalue weighted by Gasteiger charge is -2.41. The largest absolute Gasteiger partial charge is 0.511 e. The van der Waals surface area contributed by atoms with Gasteiger partial charge in [0.15, 0.2) is 17.8 Å². The molecule has 0 unspecified atom stereocenters. The highest BCUT2D eigenvalue weighted by Gasteiger charge is 2.46. The number of carboxylic acid groups (broad SMARTS) is 1. The summed E-state index contributed by atoms with van der Waals surface area (Å²) in [7, 11) is 3.89. The highest BCUT2D eigenvalue weighted by molar-refractivity contribution is 5.67. The van der Waals surface area contributed by atoms with Crippen LogP contribution in [0.5, 0.6) is 34.5 Å². The van der Waals surface area contributed by atoms with Gasteiger partial charge in [0.05, 0.1) is 21.3 Å². The molecule has 0 spiro atoms. The van der Waals surface area contributed by atoms with Gasteiger partial charge in [-0.3, -0.25) is 0 Å². The lowest BCUT2D eigenvalue weighted by Crippen LogP contribution is -2.58. The van der Waals surface area contributed by atoms with E-state index < -0.39 is 67.4 Å². The third-order valence-corrected chi connectivity index (χ3v) is 7.36. The Morgan fingerprint density at radius 2 is 1.18 bits per heavy atom. The molecule has 2 saturated heterocycles. The Morgan fingerprint density at radius 1 is 0.667 bits per heavy atom. The van der Waals surface area contributed by atoms with E-state index in [-0.39, 0.29) is 53.3 Å². The zero-order valence-corrected chi connectivity index (χ0v) is 24.3. The molecule has 2 aromatic carbocycles. The molecule has 2 heterocycles. The molecular weight excluding hydrogens is 608 g/mol. The summed E-state index contributed by atoms with van der Waals surface area (Å²) in [4.78, 5) is 11.1. The second-order valence-electron chi connectivity index (χ2n) is 10.2. The van der Waals surface area contributed by atoms with E-state index in [0.717, 1.165) is 0 Å². The molecular formula is C28H36O17. The van der Waals surface area contributed by atoms with Crippen LogP contribution in [0.25, 0.3) is 0 Å². The van der Waals surface area contributed by atoms with Gasteiger partial charge >= 0.3 is 6.16 Å². The van der Waals surface area contributed by atoms with Gasteiger partial charge in [-0.15, -0.1) is 0 Å². The summed E-state index contributed by atoms with van der Waals surface area (Å²) in [6.45, 7) is -0.664. The first-order chi connectivity index (χ1) is 21.4. The maximum atomic E-state index is 11.1. The van der Waals surface area contributed by atoms with Crippen LogP contribution in [-0.2, 0) is 9.47 Å². The Labute approximate surface area is 256 Å². The van der Waals surface area contributed by atoms with Crippen LogP contribution in [0.1, 0.15) is 11.7 Å². The Kier molecular flexibility index (Phi) is 11.1. The number of hydrogen-bond donors (Lipinski definition) is 8. The van der Waals surface area contributed by atoms with Gasteiger partial charge in [0.1, 0.15) is 85.4 Å². The molecule has 0 aromatic heterocycles. The van der Waals surface area contributed by atoms with Crippen LogP contribution in [-0.4, -0.2) is 137 Å². The smallest absolute Gasteiger partial charge is 0.496 e. The molecule has 0 bridgehead atoms. The molecule has 10 atom stereocenters. The fourth-order valence-corrected chi connectivity index (χ4v) is 4.91. The van der Waals surface area contributed by atoms with E-state index in [0.29, 0.717) is 0 Å². The quantitative estimate of drug-likeness (QED) is 0.103. The molecule has 0 radical (unpaired) electrons. The third-order valence-electron chi connectivity index (χ3n) is 7.36. The van der Waals surface area contributed by atoms with Gasteiger partial charge in [-0.25, -0.2) is 4.79 Å². The molecule has 17 nitrogen and oxygen atoms in total. The van der Waals surface area contributed by atoms with E-state index >= 15 is 0 Å². The number of aliphatic hydroxyl groups excluding tert-OH is 7. The number of ether oxygens (including phenoxy) is 8. The maximum absolute atomic E-state index is 11.1. The molecule has 2 aliphatic rings. The standard InChI is InChI=1S/C28H36O17/c1-38-14-6-11(41-10-18-20(30)22(32)24(34)27(35)44-18)4-5-13(14)25-23(33)21(31)19(29)17(43-25)9-42-12-7-15(39-2)26(45-28(36)37)16(8-12)40-3/h4-8,17-25,27,29-35H,9-10H2,1-3H3,(H,36,37)/t17-,18-,19-,20-,21+,22+,23-,24-,25+,27-/m1/s1. The van der Waals surface area contributed by atoms with Crippen molar-refractivity contribution in [3.05, 3.63) is 35.9 Å². The van der Waals surface area contributed by atoms with Gasteiger partial charge < -0.3 is 78.7 Å². The monoisotopic (exact) mass is 644 g/mol. The second-order valence-corrected chi connectivity index (χ2v) is 10.2. The van der Waals surface area contributed by atoms with Crippen molar-refractivity contribution < 1.29 is 83.5 Å². The summed E-state index contributed by atoms with van der Waals surface area (Å²) in [6, 6.07) is 7.01. The van der Waals surface area contributed by atoms with Crippen LogP contribution in [0, 0.1) is 0 Å². The van der Waals surface area contributed by atoms with E-state index in [9.17, 15) is 40.5 Å². The number of aliphatic hydroxyl groups is 7. The Balaban J connectivity index is 1.48. The van der Waals surface area contributed by atoms with E-state index in [1.165, 1.54) is 51.7 Å².